The highest BCUT2D eigenvalue weighted by Crippen LogP contribution is 2.32. The largest absolute Gasteiger partial charge is 0.497 e. The lowest BCUT2D eigenvalue weighted by molar-refractivity contribution is -0.386. The van der Waals surface area contributed by atoms with E-state index in [-0.39, 0.29) is 22.0 Å². The zero-order chi connectivity index (χ0) is 20.2. The van der Waals surface area contributed by atoms with Gasteiger partial charge in [-0.2, -0.15) is 0 Å². The van der Waals surface area contributed by atoms with Crippen molar-refractivity contribution < 1.29 is 27.6 Å². The molecule has 0 atom stereocenters. The maximum absolute atomic E-state index is 12.7. The Morgan fingerprint density at radius 1 is 1.07 bits per heavy atom. The van der Waals surface area contributed by atoms with Crippen LogP contribution in [0.15, 0.2) is 41.3 Å². The highest BCUT2D eigenvalue weighted by molar-refractivity contribution is 7.92. The molecule has 11 heteroatoms. The minimum atomic E-state index is -4.19. The number of nitro groups is 1. The van der Waals surface area contributed by atoms with Gasteiger partial charge in [0.1, 0.15) is 5.75 Å². The van der Waals surface area contributed by atoms with Gasteiger partial charge in [0.2, 0.25) is 5.91 Å². The maximum atomic E-state index is 12.7. The molecule has 0 spiro atoms. The number of benzene rings is 2. The van der Waals surface area contributed by atoms with Crippen LogP contribution in [-0.4, -0.2) is 33.5 Å². The summed E-state index contributed by atoms with van der Waals surface area (Å²) in [6.45, 7) is 1.27. The smallest absolute Gasteiger partial charge is 0.312 e. The van der Waals surface area contributed by atoms with Crippen molar-refractivity contribution >= 4 is 33.0 Å². The van der Waals surface area contributed by atoms with Crippen LogP contribution in [-0.2, 0) is 14.8 Å². The van der Waals surface area contributed by atoms with Gasteiger partial charge in [-0.05, 0) is 24.3 Å². The molecule has 144 valence electrons. The summed E-state index contributed by atoms with van der Waals surface area (Å²) < 4.78 is 37.6. The first-order valence-electron chi connectivity index (χ1n) is 7.49. The van der Waals surface area contributed by atoms with E-state index in [1.54, 1.807) is 6.07 Å². The van der Waals surface area contributed by atoms with Crippen molar-refractivity contribution in [3.8, 4) is 11.5 Å². The summed E-state index contributed by atoms with van der Waals surface area (Å²) in [5, 5.41) is 13.6. The van der Waals surface area contributed by atoms with Gasteiger partial charge in [-0.1, -0.05) is 0 Å². The number of hydrogen-bond donors (Lipinski definition) is 2. The standard InChI is InChI=1S/C16H17N3O7S/c1-10(20)17-13-6-4-11(25-2)8-14(13)18-27(23,24)12-5-7-16(26-3)15(9-12)19(21)22/h4-9,18H,1-3H3,(H,17,20). The van der Waals surface area contributed by atoms with Crippen LogP contribution in [0.2, 0.25) is 0 Å². The lowest BCUT2D eigenvalue weighted by Gasteiger charge is -2.14. The predicted octanol–water partition coefficient (Wildman–Crippen LogP) is 2.37. The van der Waals surface area contributed by atoms with Gasteiger partial charge in [-0.15, -0.1) is 0 Å². The first-order valence-corrected chi connectivity index (χ1v) is 8.97. The van der Waals surface area contributed by atoms with Crippen molar-refractivity contribution in [2.24, 2.45) is 0 Å². The lowest BCUT2D eigenvalue weighted by atomic mass is 10.2. The third-order valence-electron chi connectivity index (χ3n) is 3.44. The summed E-state index contributed by atoms with van der Waals surface area (Å²) in [4.78, 5) is 21.4. The van der Waals surface area contributed by atoms with Crippen molar-refractivity contribution in [2.75, 3.05) is 24.3 Å². The Hall–Kier alpha value is -3.34. The van der Waals surface area contributed by atoms with Gasteiger partial charge in [0.15, 0.2) is 5.75 Å². The molecule has 2 N–H and O–H groups in total. The van der Waals surface area contributed by atoms with E-state index in [4.69, 9.17) is 9.47 Å². The minimum Gasteiger partial charge on any atom is -0.497 e. The van der Waals surface area contributed by atoms with Crippen LogP contribution in [0.25, 0.3) is 0 Å². The predicted molar refractivity (Wildman–Crippen MR) is 97.8 cm³/mol. The van der Waals surface area contributed by atoms with Crippen LogP contribution in [0.5, 0.6) is 11.5 Å². The molecule has 2 aromatic carbocycles. The molecule has 27 heavy (non-hydrogen) atoms. The number of rotatable bonds is 7. The second-order valence-corrected chi connectivity index (χ2v) is 6.97. The van der Waals surface area contributed by atoms with Crippen LogP contribution < -0.4 is 19.5 Å². The van der Waals surface area contributed by atoms with E-state index >= 15 is 0 Å². The van der Waals surface area contributed by atoms with Gasteiger partial charge in [-0.3, -0.25) is 19.6 Å². The number of nitro benzene ring substituents is 1. The molecule has 0 saturated carbocycles. The molecule has 0 aliphatic heterocycles. The Morgan fingerprint density at radius 3 is 2.33 bits per heavy atom. The molecule has 0 saturated heterocycles. The number of amides is 1. The molecule has 0 aromatic heterocycles. The molecule has 10 nitrogen and oxygen atoms in total. The molecule has 0 heterocycles. The number of nitrogens with one attached hydrogen (secondary N) is 2. The van der Waals surface area contributed by atoms with Gasteiger partial charge in [0.05, 0.1) is 35.4 Å². The highest BCUT2D eigenvalue weighted by Gasteiger charge is 2.23. The fourth-order valence-corrected chi connectivity index (χ4v) is 3.31. The number of sulfonamides is 1. The number of carbonyl (C=O) groups excluding carboxylic acids is 1. The first kappa shape index (κ1) is 20.0. The van der Waals surface area contributed by atoms with Crippen molar-refractivity contribution in [2.45, 2.75) is 11.8 Å². The molecule has 0 fully saturated rings. The zero-order valence-electron chi connectivity index (χ0n) is 14.7. The van der Waals surface area contributed by atoms with Crippen molar-refractivity contribution in [1.29, 1.82) is 0 Å². The molecule has 2 aromatic rings. The second-order valence-electron chi connectivity index (χ2n) is 5.29. The van der Waals surface area contributed by atoms with Crippen LogP contribution in [0.3, 0.4) is 0 Å². The quantitative estimate of drug-likeness (QED) is 0.542. The molecular weight excluding hydrogens is 378 g/mol. The van der Waals surface area contributed by atoms with E-state index in [0.29, 0.717) is 5.75 Å². The molecule has 2 rings (SSSR count). The van der Waals surface area contributed by atoms with E-state index in [0.717, 1.165) is 6.07 Å². The SMILES string of the molecule is COc1ccc(NC(C)=O)c(NS(=O)(=O)c2ccc(OC)c([N+](=O)[O-])c2)c1. The summed E-state index contributed by atoms with van der Waals surface area (Å²) in [5.41, 5.74) is -0.244. The van der Waals surface area contributed by atoms with Gasteiger partial charge in [-0.25, -0.2) is 8.42 Å². The summed E-state index contributed by atoms with van der Waals surface area (Å²) in [7, 11) is -1.55. The van der Waals surface area contributed by atoms with Crippen LogP contribution in [0, 0.1) is 10.1 Å². The number of nitrogens with zero attached hydrogens (tertiary/aromatic N) is 1. The average Bonchev–Trinajstić information content (AvgIpc) is 2.61. The molecular formula is C16H17N3O7S. The van der Waals surface area contributed by atoms with Crippen molar-refractivity contribution in [3.05, 3.63) is 46.5 Å². The summed E-state index contributed by atoms with van der Waals surface area (Å²) in [6, 6.07) is 7.63. The zero-order valence-corrected chi connectivity index (χ0v) is 15.5. The molecule has 0 aliphatic carbocycles. The Labute approximate surface area is 155 Å². The summed E-state index contributed by atoms with van der Waals surface area (Å²) in [5.74, 6) is -0.123. The second kappa shape index (κ2) is 7.91. The van der Waals surface area contributed by atoms with Gasteiger partial charge in [0, 0.05) is 19.1 Å². The van der Waals surface area contributed by atoms with Gasteiger partial charge in [0.25, 0.3) is 10.0 Å². The minimum absolute atomic E-state index is 0.0445. The fraction of sp³-hybridized carbons (Fsp3) is 0.188. The highest BCUT2D eigenvalue weighted by atomic mass is 32.2. The van der Waals surface area contributed by atoms with E-state index in [2.05, 4.69) is 10.0 Å². The van der Waals surface area contributed by atoms with E-state index in [1.165, 1.54) is 45.4 Å². The molecule has 0 bridgehead atoms. The Kier molecular flexibility index (Phi) is 5.85. The van der Waals surface area contributed by atoms with Crippen molar-refractivity contribution in [1.82, 2.24) is 0 Å². The molecule has 0 radical (unpaired) electrons. The number of methoxy groups -OCH3 is 2. The maximum Gasteiger partial charge on any atom is 0.312 e. The van der Waals surface area contributed by atoms with E-state index < -0.39 is 26.5 Å². The fourth-order valence-electron chi connectivity index (χ4n) is 2.22. The molecule has 1 amide bonds. The van der Waals surface area contributed by atoms with E-state index in [1.807, 2.05) is 0 Å². The third-order valence-corrected chi connectivity index (χ3v) is 4.80. The lowest BCUT2D eigenvalue weighted by Crippen LogP contribution is -2.16. The third kappa shape index (κ3) is 4.64. The van der Waals surface area contributed by atoms with Crippen LogP contribution in [0.1, 0.15) is 6.92 Å². The molecule has 0 unspecified atom stereocenters. The average molecular weight is 395 g/mol. The number of carbonyl (C=O) groups is 1. The van der Waals surface area contributed by atoms with Crippen molar-refractivity contribution in [3.63, 3.8) is 0 Å². The van der Waals surface area contributed by atoms with Gasteiger partial charge < -0.3 is 14.8 Å². The number of ether oxygens (including phenoxy) is 2. The Bertz CT molecular complexity index is 990. The first-order chi connectivity index (χ1) is 12.7. The number of hydrogen-bond acceptors (Lipinski definition) is 7. The van der Waals surface area contributed by atoms with Gasteiger partial charge >= 0.3 is 5.69 Å². The number of anilines is 2. The summed E-state index contributed by atoms with van der Waals surface area (Å²) >= 11 is 0. The monoisotopic (exact) mass is 395 g/mol. The Balaban J connectivity index is 2.48. The normalized spacial score (nSPS) is 10.8. The van der Waals surface area contributed by atoms with E-state index in [9.17, 15) is 23.3 Å². The van der Waals surface area contributed by atoms with Crippen LogP contribution in [0.4, 0.5) is 17.1 Å². The van der Waals surface area contributed by atoms with Crippen LogP contribution >= 0.6 is 0 Å². The Morgan fingerprint density at radius 2 is 1.78 bits per heavy atom. The molecule has 0 aliphatic rings. The topological polar surface area (TPSA) is 137 Å². The summed E-state index contributed by atoms with van der Waals surface area (Å²) in [6.07, 6.45) is 0.